The lowest BCUT2D eigenvalue weighted by atomic mass is 10.2. The number of hydrogen-bond acceptors (Lipinski definition) is 4. The van der Waals surface area contributed by atoms with Crippen LogP contribution in [0.4, 0.5) is 45.1 Å². The van der Waals surface area contributed by atoms with Crippen molar-refractivity contribution in [2.45, 2.75) is 6.18 Å². The molecule has 0 atom stereocenters. The summed E-state index contributed by atoms with van der Waals surface area (Å²) in [6.07, 6.45) is -3.03. The summed E-state index contributed by atoms with van der Waals surface area (Å²) in [4.78, 5) is 8.00. The predicted octanol–water partition coefficient (Wildman–Crippen LogP) is 5.26. The molecule has 2 aromatic carbocycles. The maximum atomic E-state index is 13.7. The average Bonchev–Trinajstić information content (AvgIpc) is 2.57. The van der Waals surface area contributed by atoms with E-state index in [9.17, 15) is 22.0 Å². The predicted molar refractivity (Wildman–Crippen MR) is 86.4 cm³/mol. The minimum atomic E-state index is -4.41. The molecule has 3 rings (SSSR count). The lowest BCUT2D eigenvalue weighted by Crippen LogP contribution is -2.05. The van der Waals surface area contributed by atoms with Gasteiger partial charge in [0.05, 0.1) is 11.3 Å². The van der Waals surface area contributed by atoms with Gasteiger partial charge in [0.1, 0.15) is 17.5 Å². The summed E-state index contributed by atoms with van der Waals surface area (Å²) in [5, 5.41) is 5.42. The molecule has 0 unspecified atom stereocenters. The van der Waals surface area contributed by atoms with E-state index in [2.05, 4.69) is 20.6 Å². The molecule has 0 radical (unpaired) electrons. The van der Waals surface area contributed by atoms with E-state index in [1.54, 1.807) is 0 Å². The van der Waals surface area contributed by atoms with Crippen molar-refractivity contribution < 1.29 is 22.0 Å². The number of benzene rings is 2. The highest BCUT2D eigenvalue weighted by atomic mass is 19.4. The first-order chi connectivity index (χ1) is 12.3. The Morgan fingerprint density at radius 2 is 1.58 bits per heavy atom. The number of aromatic nitrogens is 2. The molecule has 0 bridgehead atoms. The second-order valence-corrected chi connectivity index (χ2v) is 5.21. The van der Waals surface area contributed by atoms with Crippen LogP contribution in [0.5, 0.6) is 0 Å². The third-order valence-electron chi connectivity index (χ3n) is 3.32. The molecule has 0 saturated heterocycles. The van der Waals surface area contributed by atoms with E-state index in [4.69, 9.17) is 0 Å². The SMILES string of the molecule is Fc1ccc(Nc2nccc(Nc3ccc(C(F)(F)F)cc3)n2)c(F)c1. The van der Waals surface area contributed by atoms with E-state index in [1.165, 1.54) is 30.5 Å². The minimum Gasteiger partial charge on any atom is -0.340 e. The third kappa shape index (κ3) is 4.24. The molecule has 0 fully saturated rings. The van der Waals surface area contributed by atoms with Crippen molar-refractivity contribution in [2.24, 2.45) is 0 Å². The van der Waals surface area contributed by atoms with Crippen LogP contribution in [-0.2, 0) is 6.18 Å². The van der Waals surface area contributed by atoms with E-state index >= 15 is 0 Å². The molecule has 0 aliphatic carbocycles. The molecule has 0 amide bonds. The van der Waals surface area contributed by atoms with Gasteiger partial charge in [-0.3, -0.25) is 0 Å². The zero-order chi connectivity index (χ0) is 18.7. The molecule has 1 aromatic heterocycles. The summed E-state index contributed by atoms with van der Waals surface area (Å²) in [5.74, 6) is -1.21. The zero-order valence-electron chi connectivity index (χ0n) is 13.0. The monoisotopic (exact) mass is 366 g/mol. The highest BCUT2D eigenvalue weighted by Crippen LogP contribution is 2.30. The van der Waals surface area contributed by atoms with Gasteiger partial charge in [-0.15, -0.1) is 0 Å². The number of alkyl halides is 3. The summed E-state index contributed by atoms with van der Waals surface area (Å²) in [5.41, 5.74) is -0.395. The molecular weight excluding hydrogens is 355 g/mol. The quantitative estimate of drug-likeness (QED) is 0.619. The van der Waals surface area contributed by atoms with E-state index in [1.807, 2.05) is 0 Å². The molecule has 0 saturated carbocycles. The number of nitrogens with one attached hydrogen (secondary N) is 2. The molecule has 0 spiro atoms. The van der Waals surface area contributed by atoms with Gasteiger partial charge in [0.25, 0.3) is 0 Å². The van der Waals surface area contributed by atoms with Gasteiger partial charge in [0, 0.05) is 18.0 Å². The van der Waals surface area contributed by atoms with E-state index in [0.717, 1.165) is 18.2 Å². The first kappa shape index (κ1) is 17.6. The highest BCUT2D eigenvalue weighted by Gasteiger charge is 2.29. The molecule has 4 nitrogen and oxygen atoms in total. The topological polar surface area (TPSA) is 49.8 Å². The smallest absolute Gasteiger partial charge is 0.340 e. The van der Waals surface area contributed by atoms with Crippen LogP contribution >= 0.6 is 0 Å². The van der Waals surface area contributed by atoms with Crippen molar-refractivity contribution in [3.8, 4) is 0 Å². The van der Waals surface area contributed by atoms with Crippen molar-refractivity contribution in [3.63, 3.8) is 0 Å². The Morgan fingerprint density at radius 1 is 0.846 bits per heavy atom. The molecular formula is C17H11F5N4. The molecule has 2 N–H and O–H groups in total. The largest absolute Gasteiger partial charge is 0.416 e. The minimum absolute atomic E-state index is 0.0157. The number of halogens is 5. The third-order valence-corrected chi connectivity index (χ3v) is 3.32. The average molecular weight is 366 g/mol. The van der Waals surface area contributed by atoms with E-state index in [0.29, 0.717) is 11.8 Å². The summed E-state index contributed by atoms with van der Waals surface area (Å²) >= 11 is 0. The Kier molecular flexibility index (Phi) is 4.70. The van der Waals surface area contributed by atoms with Gasteiger partial charge in [0.2, 0.25) is 5.95 Å². The Bertz CT molecular complexity index is 910. The van der Waals surface area contributed by atoms with Gasteiger partial charge in [-0.1, -0.05) is 0 Å². The lowest BCUT2D eigenvalue weighted by molar-refractivity contribution is -0.137. The summed E-state index contributed by atoms with van der Waals surface area (Å²) < 4.78 is 64.2. The normalized spacial score (nSPS) is 11.3. The van der Waals surface area contributed by atoms with Gasteiger partial charge in [-0.05, 0) is 42.5 Å². The van der Waals surface area contributed by atoms with Crippen LogP contribution in [0.2, 0.25) is 0 Å². The van der Waals surface area contributed by atoms with Crippen LogP contribution in [-0.4, -0.2) is 9.97 Å². The van der Waals surface area contributed by atoms with Gasteiger partial charge in [-0.25, -0.2) is 13.8 Å². The Morgan fingerprint density at radius 3 is 2.23 bits per heavy atom. The van der Waals surface area contributed by atoms with Gasteiger partial charge in [-0.2, -0.15) is 18.2 Å². The van der Waals surface area contributed by atoms with Gasteiger partial charge < -0.3 is 10.6 Å². The second-order valence-electron chi connectivity index (χ2n) is 5.21. The van der Waals surface area contributed by atoms with Crippen LogP contribution in [0.25, 0.3) is 0 Å². The van der Waals surface area contributed by atoms with Crippen molar-refractivity contribution in [2.75, 3.05) is 10.6 Å². The first-order valence-electron chi connectivity index (χ1n) is 7.31. The number of hydrogen-bond donors (Lipinski definition) is 2. The molecule has 9 heteroatoms. The summed E-state index contributed by atoms with van der Waals surface area (Å²) in [6.45, 7) is 0. The highest BCUT2D eigenvalue weighted by molar-refractivity contribution is 5.60. The van der Waals surface area contributed by atoms with Crippen molar-refractivity contribution >= 4 is 23.1 Å². The van der Waals surface area contributed by atoms with Crippen LogP contribution in [0.15, 0.2) is 54.7 Å². The van der Waals surface area contributed by atoms with Crippen LogP contribution in [0.3, 0.4) is 0 Å². The fourth-order valence-corrected chi connectivity index (χ4v) is 2.09. The fraction of sp³-hybridized carbons (Fsp3) is 0.0588. The fourth-order valence-electron chi connectivity index (χ4n) is 2.09. The van der Waals surface area contributed by atoms with E-state index in [-0.39, 0.29) is 17.5 Å². The van der Waals surface area contributed by atoms with Crippen LogP contribution in [0.1, 0.15) is 5.56 Å². The molecule has 0 aliphatic rings. The summed E-state index contributed by atoms with van der Waals surface area (Å²) in [6, 6.07) is 8.89. The second kappa shape index (κ2) is 6.95. The van der Waals surface area contributed by atoms with Gasteiger partial charge >= 0.3 is 6.18 Å². The van der Waals surface area contributed by atoms with Crippen molar-refractivity contribution in [1.82, 2.24) is 9.97 Å². The molecule has 0 aliphatic heterocycles. The van der Waals surface area contributed by atoms with Crippen LogP contribution in [0, 0.1) is 11.6 Å². The first-order valence-corrected chi connectivity index (χ1v) is 7.31. The van der Waals surface area contributed by atoms with Crippen molar-refractivity contribution in [1.29, 1.82) is 0 Å². The molecule has 3 aromatic rings. The van der Waals surface area contributed by atoms with Gasteiger partial charge in [0.15, 0.2) is 0 Å². The maximum Gasteiger partial charge on any atom is 0.416 e. The lowest BCUT2D eigenvalue weighted by Gasteiger charge is -2.10. The van der Waals surface area contributed by atoms with E-state index < -0.39 is 23.4 Å². The Balaban J connectivity index is 1.75. The summed E-state index contributed by atoms with van der Waals surface area (Å²) in [7, 11) is 0. The van der Waals surface area contributed by atoms with Crippen molar-refractivity contribution in [3.05, 3.63) is 71.9 Å². The number of nitrogens with zero attached hydrogens (tertiary/aromatic N) is 2. The molecule has 26 heavy (non-hydrogen) atoms. The Hall–Kier alpha value is -3.23. The standard InChI is InChI=1S/C17H11F5N4/c18-11-3-6-14(13(19)9-11)25-16-23-8-7-15(26-16)24-12-4-1-10(2-5-12)17(20,21)22/h1-9H,(H2,23,24,25,26). The zero-order valence-corrected chi connectivity index (χ0v) is 13.0. The van der Waals surface area contributed by atoms with Crippen LogP contribution < -0.4 is 10.6 Å². The maximum absolute atomic E-state index is 13.7. The molecule has 1 heterocycles. The number of anilines is 4. The molecule has 134 valence electrons. The Labute approximate surface area is 144 Å². The number of rotatable bonds is 4.